The summed E-state index contributed by atoms with van der Waals surface area (Å²) in [7, 11) is 2.34. The SMILES string of the molecule is CC1CC(C)(C)CC(CN)(N2CCC3CCC(C2)N3C)C1. The lowest BCUT2D eigenvalue weighted by Gasteiger charge is -2.53. The lowest BCUT2D eigenvalue weighted by molar-refractivity contribution is -0.0157. The predicted molar refractivity (Wildman–Crippen MR) is 89.3 cm³/mol. The summed E-state index contributed by atoms with van der Waals surface area (Å²) in [5.74, 6) is 0.801. The highest BCUT2D eigenvalue weighted by molar-refractivity contribution is 5.04. The highest BCUT2D eigenvalue weighted by Gasteiger charge is 2.48. The maximum absolute atomic E-state index is 6.38. The van der Waals surface area contributed by atoms with Gasteiger partial charge in [0.15, 0.2) is 0 Å². The second-order valence-electron chi connectivity index (χ2n) is 9.07. The summed E-state index contributed by atoms with van der Waals surface area (Å²) in [6.45, 7) is 10.7. The number of hydrogen-bond acceptors (Lipinski definition) is 3. The number of likely N-dealkylation sites (tertiary alicyclic amines) is 1. The van der Waals surface area contributed by atoms with Gasteiger partial charge in [-0.15, -0.1) is 0 Å². The third-order valence-electron chi connectivity index (χ3n) is 6.64. The van der Waals surface area contributed by atoms with E-state index < -0.39 is 0 Å². The van der Waals surface area contributed by atoms with Crippen LogP contribution in [0.1, 0.15) is 59.3 Å². The first kappa shape index (κ1) is 15.8. The van der Waals surface area contributed by atoms with Gasteiger partial charge in [-0.25, -0.2) is 0 Å². The van der Waals surface area contributed by atoms with E-state index in [0.717, 1.165) is 24.5 Å². The zero-order chi connectivity index (χ0) is 15.3. The molecular formula is C18H35N3. The molecular weight excluding hydrogens is 258 g/mol. The van der Waals surface area contributed by atoms with E-state index in [2.05, 4.69) is 37.6 Å². The molecule has 1 saturated carbocycles. The lowest BCUT2D eigenvalue weighted by Crippen LogP contribution is -2.60. The van der Waals surface area contributed by atoms with Crippen LogP contribution >= 0.6 is 0 Å². The van der Waals surface area contributed by atoms with Gasteiger partial charge in [0.25, 0.3) is 0 Å². The molecule has 0 amide bonds. The molecule has 0 aromatic heterocycles. The topological polar surface area (TPSA) is 32.5 Å². The summed E-state index contributed by atoms with van der Waals surface area (Å²) >= 11 is 0. The molecule has 0 aromatic rings. The molecule has 3 nitrogen and oxygen atoms in total. The first-order chi connectivity index (χ1) is 9.85. The molecule has 122 valence electrons. The Balaban J connectivity index is 1.82. The summed E-state index contributed by atoms with van der Waals surface area (Å²) in [6, 6.07) is 1.59. The molecule has 21 heavy (non-hydrogen) atoms. The predicted octanol–water partition coefficient (Wildman–Crippen LogP) is 2.70. The fraction of sp³-hybridized carbons (Fsp3) is 1.00. The van der Waals surface area contributed by atoms with Crippen molar-refractivity contribution in [1.82, 2.24) is 9.80 Å². The summed E-state index contributed by atoms with van der Waals surface area (Å²) in [6.07, 6.45) is 8.07. The number of hydrogen-bond donors (Lipinski definition) is 1. The molecule has 2 aliphatic heterocycles. The second-order valence-corrected chi connectivity index (χ2v) is 9.07. The van der Waals surface area contributed by atoms with Crippen molar-refractivity contribution in [3.63, 3.8) is 0 Å². The van der Waals surface area contributed by atoms with Crippen molar-refractivity contribution in [1.29, 1.82) is 0 Å². The molecule has 0 aromatic carbocycles. The van der Waals surface area contributed by atoms with Crippen LogP contribution in [0.3, 0.4) is 0 Å². The van der Waals surface area contributed by atoms with Crippen LogP contribution in [0.2, 0.25) is 0 Å². The monoisotopic (exact) mass is 293 g/mol. The molecule has 2 bridgehead atoms. The summed E-state index contributed by atoms with van der Waals surface area (Å²) in [5.41, 5.74) is 7.08. The fourth-order valence-electron chi connectivity index (χ4n) is 5.96. The number of rotatable bonds is 2. The highest BCUT2D eigenvalue weighted by atomic mass is 15.3. The highest BCUT2D eigenvalue weighted by Crippen LogP contribution is 2.47. The normalized spacial score (nSPS) is 44.7. The molecule has 1 aliphatic carbocycles. The van der Waals surface area contributed by atoms with Crippen LogP contribution in [0, 0.1) is 11.3 Å². The molecule has 3 aliphatic rings. The van der Waals surface area contributed by atoms with Gasteiger partial charge >= 0.3 is 0 Å². The number of nitrogens with two attached hydrogens (primary N) is 1. The van der Waals surface area contributed by atoms with Crippen LogP contribution in [0.25, 0.3) is 0 Å². The molecule has 4 unspecified atom stereocenters. The molecule has 3 heteroatoms. The molecule has 4 atom stereocenters. The molecule has 2 N–H and O–H groups in total. The van der Waals surface area contributed by atoms with Crippen LogP contribution in [-0.2, 0) is 0 Å². The van der Waals surface area contributed by atoms with Crippen molar-refractivity contribution in [3.05, 3.63) is 0 Å². The Morgan fingerprint density at radius 2 is 1.81 bits per heavy atom. The standard InChI is InChI=1S/C18H35N3/c1-14-9-17(2,3)12-18(10-14,13-19)21-8-7-15-5-6-16(11-21)20(15)4/h14-16H,5-13,19H2,1-4H3. The Kier molecular flexibility index (Phi) is 4.13. The van der Waals surface area contributed by atoms with Gasteiger partial charge in [0.05, 0.1) is 0 Å². The zero-order valence-corrected chi connectivity index (χ0v) is 14.6. The first-order valence-corrected chi connectivity index (χ1v) is 9.02. The van der Waals surface area contributed by atoms with Crippen LogP contribution in [-0.4, -0.2) is 54.1 Å². The smallest absolute Gasteiger partial charge is 0.0340 e. The van der Waals surface area contributed by atoms with E-state index in [1.165, 1.54) is 51.6 Å². The summed E-state index contributed by atoms with van der Waals surface area (Å²) in [5, 5.41) is 0. The van der Waals surface area contributed by atoms with Gasteiger partial charge in [-0.1, -0.05) is 20.8 Å². The molecule has 0 radical (unpaired) electrons. The van der Waals surface area contributed by atoms with Crippen molar-refractivity contribution in [2.45, 2.75) is 76.9 Å². The number of likely N-dealkylation sites (N-methyl/N-ethyl adjacent to an activating group) is 1. The van der Waals surface area contributed by atoms with Gasteiger partial charge in [0, 0.05) is 37.3 Å². The lowest BCUT2D eigenvalue weighted by atomic mass is 9.63. The van der Waals surface area contributed by atoms with Gasteiger partial charge in [-0.3, -0.25) is 9.80 Å². The van der Waals surface area contributed by atoms with Gasteiger partial charge in [-0.05, 0) is 56.9 Å². The van der Waals surface area contributed by atoms with Crippen molar-refractivity contribution in [2.24, 2.45) is 17.1 Å². The molecule has 2 saturated heterocycles. The van der Waals surface area contributed by atoms with Crippen LogP contribution in [0.5, 0.6) is 0 Å². The van der Waals surface area contributed by atoms with Gasteiger partial charge in [0.1, 0.15) is 0 Å². The quantitative estimate of drug-likeness (QED) is 0.849. The van der Waals surface area contributed by atoms with E-state index in [1.807, 2.05) is 0 Å². The summed E-state index contributed by atoms with van der Waals surface area (Å²) in [4.78, 5) is 5.46. The Bertz CT molecular complexity index is 381. The van der Waals surface area contributed by atoms with Crippen LogP contribution in [0.4, 0.5) is 0 Å². The maximum Gasteiger partial charge on any atom is 0.0340 e. The third kappa shape index (κ3) is 2.89. The second kappa shape index (κ2) is 5.50. The Morgan fingerprint density at radius 3 is 2.48 bits per heavy atom. The van der Waals surface area contributed by atoms with E-state index in [1.54, 1.807) is 0 Å². The van der Waals surface area contributed by atoms with E-state index in [-0.39, 0.29) is 5.54 Å². The Labute approximate surface area is 131 Å². The molecule has 0 spiro atoms. The van der Waals surface area contributed by atoms with E-state index in [4.69, 9.17) is 5.73 Å². The largest absolute Gasteiger partial charge is 0.329 e. The third-order valence-corrected chi connectivity index (χ3v) is 6.64. The van der Waals surface area contributed by atoms with Crippen LogP contribution in [0.15, 0.2) is 0 Å². The Morgan fingerprint density at radius 1 is 1.10 bits per heavy atom. The average Bonchev–Trinajstić information content (AvgIpc) is 2.60. The minimum absolute atomic E-state index is 0.256. The Hall–Kier alpha value is -0.120. The number of nitrogens with zero attached hydrogens (tertiary/aromatic N) is 2. The van der Waals surface area contributed by atoms with Gasteiger partial charge in [-0.2, -0.15) is 0 Å². The van der Waals surface area contributed by atoms with Crippen molar-refractivity contribution in [3.8, 4) is 0 Å². The summed E-state index contributed by atoms with van der Waals surface area (Å²) < 4.78 is 0. The van der Waals surface area contributed by atoms with E-state index in [0.29, 0.717) is 5.41 Å². The molecule has 3 rings (SSSR count). The zero-order valence-electron chi connectivity index (χ0n) is 14.6. The molecule has 3 fully saturated rings. The fourth-order valence-corrected chi connectivity index (χ4v) is 5.96. The van der Waals surface area contributed by atoms with Crippen molar-refractivity contribution < 1.29 is 0 Å². The van der Waals surface area contributed by atoms with Gasteiger partial charge < -0.3 is 5.73 Å². The van der Waals surface area contributed by atoms with Crippen molar-refractivity contribution >= 4 is 0 Å². The number of fused-ring (bicyclic) bond motifs is 2. The van der Waals surface area contributed by atoms with E-state index in [9.17, 15) is 0 Å². The van der Waals surface area contributed by atoms with Crippen molar-refractivity contribution in [2.75, 3.05) is 26.7 Å². The van der Waals surface area contributed by atoms with E-state index >= 15 is 0 Å². The minimum Gasteiger partial charge on any atom is -0.329 e. The van der Waals surface area contributed by atoms with Gasteiger partial charge in [0.2, 0.25) is 0 Å². The minimum atomic E-state index is 0.256. The maximum atomic E-state index is 6.38. The average molecular weight is 293 g/mol. The molecule has 2 heterocycles. The first-order valence-electron chi connectivity index (χ1n) is 9.02. The van der Waals surface area contributed by atoms with Crippen LogP contribution < -0.4 is 5.73 Å².